The minimum absolute atomic E-state index is 0.0128. The van der Waals surface area contributed by atoms with E-state index in [2.05, 4.69) is 4.98 Å². The Morgan fingerprint density at radius 1 is 1.35 bits per heavy atom. The van der Waals surface area contributed by atoms with Gasteiger partial charge < -0.3 is 4.98 Å². The van der Waals surface area contributed by atoms with E-state index < -0.39 is 26.2 Å². The van der Waals surface area contributed by atoms with Crippen LogP contribution >= 0.6 is 0 Å². The summed E-state index contributed by atoms with van der Waals surface area (Å²) in [5.74, 6) is 0. The molecule has 12 heteroatoms. The first kappa shape index (κ1) is 18.1. The third kappa shape index (κ3) is 3.08. The van der Waals surface area contributed by atoms with Gasteiger partial charge in [0.2, 0.25) is 0 Å². The van der Waals surface area contributed by atoms with Crippen LogP contribution in [0.25, 0.3) is 11.0 Å². The molecule has 11 nitrogen and oxygen atoms in total. The van der Waals surface area contributed by atoms with E-state index in [0.717, 1.165) is 12.3 Å². The van der Waals surface area contributed by atoms with Gasteiger partial charge in [0.1, 0.15) is 5.52 Å². The van der Waals surface area contributed by atoms with Crippen LogP contribution in [-0.4, -0.2) is 47.3 Å². The Labute approximate surface area is 147 Å². The molecule has 0 spiro atoms. The molecule has 0 fully saturated rings. The standard InChI is InChI=1S/C14H16N4O7S/c1-3-16-5-4-8-9(7-16)12-10(6-11(8)18(21)22)15-13(19)14(20)17(12)25-26(2,23)24/h6H,3-5,7H2,1-2H3,(H,15,19). The van der Waals surface area contributed by atoms with Crippen molar-refractivity contribution in [1.29, 1.82) is 0 Å². The largest absolute Gasteiger partial charge is 0.350 e. The first-order chi connectivity index (χ1) is 12.1. The highest BCUT2D eigenvalue weighted by Gasteiger charge is 2.29. The van der Waals surface area contributed by atoms with Crippen LogP contribution in [0.3, 0.4) is 0 Å². The van der Waals surface area contributed by atoms with Gasteiger partial charge in [-0.05, 0) is 13.0 Å². The highest BCUT2D eigenvalue weighted by atomic mass is 32.2. The molecule has 2 heterocycles. The summed E-state index contributed by atoms with van der Waals surface area (Å²) in [6.07, 6.45) is 1.09. The van der Waals surface area contributed by atoms with Crippen molar-refractivity contribution in [3.05, 3.63) is 48.0 Å². The molecule has 0 unspecified atom stereocenters. The number of likely N-dealkylation sites (N-methyl/N-ethyl adjacent to an activating group) is 1. The van der Waals surface area contributed by atoms with Gasteiger partial charge >= 0.3 is 21.2 Å². The summed E-state index contributed by atoms with van der Waals surface area (Å²) in [5.41, 5.74) is -1.79. The van der Waals surface area contributed by atoms with Crippen LogP contribution in [0.4, 0.5) is 5.69 Å². The number of fused-ring (bicyclic) bond motifs is 3. The number of nitrogens with zero attached hydrogens (tertiary/aromatic N) is 3. The molecule has 140 valence electrons. The molecule has 1 aliphatic rings. The van der Waals surface area contributed by atoms with E-state index in [1.165, 1.54) is 0 Å². The lowest BCUT2D eigenvalue weighted by Crippen LogP contribution is -2.42. The van der Waals surface area contributed by atoms with E-state index in [1.807, 2.05) is 11.8 Å². The Morgan fingerprint density at radius 3 is 2.62 bits per heavy atom. The van der Waals surface area contributed by atoms with Crippen molar-refractivity contribution in [2.24, 2.45) is 0 Å². The number of hydrogen-bond acceptors (Lipinski definition) is 8. The number of nitro groups is 1. The van der Waals surface area contributed by atoms with E-state index >= 15 is 0 Å². The minimum atomic E-state index is -4.12. The van der Waals surface area contributed by atoms with Crippen LogP contribution in [0.15, 0.2) is 15.7 Å². The molecule has 1 aromatic heterocycles. The van der Waals surface area contributed by atoms with Crippen molar-refractivity contribution >= 4 is 26.8 Å². The number of aromatic nitrogens is 2. The fourth-order valence-corrected chi connectivity index (χ4v) is 3.52. The number of nitro benzene ring substituents is 1. The first-order valence-electron chi connectivity index (χ1n) is 7.73. The Kier molecular flexibility index (Phi) is 4.32. The summed E-state index contributed by atoms with van der Waals surface area (Å²) >= 11 is 0. The third-order valence-corrected chi connectivity index (χ3v) is 4.66. The average molecular weight is 384 g/mol. The van der Waals surface area contributed by atoms with Crippen molar-refractivity contribution in [2.45, 2.75) is 19.9 Å². The van der Waals surface area contributed by atoms with Crippen LogP contribution in [-0.2, 0) is 23.1 Å². The van der Waals surface area contributed by atoms with Crippen molar-refractivity contribution in [3.63, 3.8) is 0 Å². The molecule has 0 bridgehead atoms. The zero-order valence-corrected chi connectivity index (χ0v) is 14.8. The third-order valence-electron chi connectivity index (χ3n) is 4.24. The number of H-pyrrole nitrogens is 1. The maximum atomic E-state index is 12.2. The predicted molar refractivity (Wildman–Crippen MR) is 91.6 cm³/mol. The average Bonchev–Trinajstić information content (AvgIpc) is 2.56. The van der Waals surface area contributed by atoms with Gasteiger partial charge in [-0.3, -0.25) is 28.9 Å². The summed E-state index contributed by atoms with van der Waals surface area (Å²) in [5, 5.41) is 11.4. The second kappa shape index (κ2) is 6.21. The molecule has 1 aromatic carbocycles. The van der Waals surface area contributed by atoms with Gasteiger partial charge in [-0.25, -0.2) is 0 Å². The summed E-state index contributed by atoms with van der Waals surface area (Å²) in [6.45, 7) is 3.40. The molecule has 0 amide bonds. The number of aromatic amines is 1. The SMILES string of the molecule is CCN1CCc2c([N+](=O)[O-])cc3[nH]c(=O)c(=O)n(OS(C)(=O)=O)c3c2C1. The quantitative estimate of drug-likeness (QED) is 0.416. The Balaban J connectivity index is 2.48. The number of nitrogens with one attached hydrogen (secondary N) is 1. The van der Waals surface area contributed by atoms with Crippen molar-refractivity contribution in [3.8, 4) is 0 Å². The van der Waals surface area contributed by atoms with E-state index in [0.29, 0.717) is 35.4 Å². The van der Waals surface area contributed by atoms with Crippen LogP contribution in [0.2, 0.25) is 0 Å². The normalized spacial score (nSPS) is 15.0. The molecular weight excluding hydrogens is 368 g/mol. The molecular formula is C14H16N4O7S. The van der Waals surface area contributed by atoms with Crippen molar-refractivity contribution in [2.75, 3.05) is 19.3 Å². The molecule has 0 saturated carbocycles. The maximum Gasteiger partial charge on any atom is 0.350 e. The molecule has 0 aliphatic carbocycles. The van der Waals surface area contributed by atoms with Gasteiger partial charge in [0.05, 0.1) is 16.7 Å². The number of benzene rings is 1. The zero-order valence-electron chi connectivity index (χ0n) is 14.0. The van der Waals surface area contributed by atoms with E-state index in [9.17, 15) is 28.1 Å². The lowest BCUT2D eigenvalue weighted by molar-refractivity contribution is -0.385. The molecule has 1 N–H and O–H groups in total. The molecule has 0 atom stereocenters. The van der Waals surface area contributed by atoms with E-state index in [1.54, 1.807) is 0 Å². The van der Waals surface area contributed by atoms with Crippen molar-refractivity contribution in [1.82, 2.24) is 14.6 Å². The second-order valence-corrected chi connectivity index (χ2v) is 7.51. The number of hydrogen-bond donors (Lipinski definition) is 1. The topological polar surface area (TPSA) is 145 Å². The molecule has 3 rings (SSSR count). The van der Waals surface area contributed by atoms with Crippen LogP contribution < -0.4 is 15.4 Å². The molecule has 1 aliphatic heterocycles. The van der Waals surface area contributed by atoms with Crippen LogP contribution in [0, 0.1) is 10.1 Å². The Bertz CT molecular complexity index is 1130. The van der Waals surface area contributed by atoms with Gasteiger partial charge in [-0.1, -0.05) is 6.92 Å². The van der Waals surface area contributed by atoms with Gasteiger partial charge in [0.25, 0.3) is 5.69 Å². The fraction of sp³-hybridized carbons (Fsp3) is 0.429. The highest BCUT2D eigenvalue weighted by Crippen LogP contribution is 2.33. The second-order valence-electron chi connectivity index (χ2n) is 5.96. The van der Waals surface area contributed by atoms with Gasteiger partial charge in [0, 0.05) is 30.3 Å². The maximum absolute atomic E-state index is 12.2. The summed E-state index contributed by atoms with van der Waals surface area (Å²) in [4.78, 5) is 39.2. The van der Waals surface area contributed by atoms with Crippen LogP contribution in [0.5, 0.6) is 0 Å². The smallest absolute Gasteiger partial charge is 0.315 e. The summed E-state index contributed by atoms with van der Waals surface area (Å²) in [6, 6.07) is 1.12. The summed E-state index contributed by atoms with van der Waals surface area (Å²) in [7, 11) is -4.12. The zero-order chi connectivity index (χ0) is 19.2. The van der Waals surface area contributed by atoms with Crippen molar-refractivity contribution < 1.29 is 17.6 Å². The summed E-state index contributed by atoms with van der Waals surface area (Å²) < 4.78 is 28.3. The lowest BCUT2D eigenvalue weighted by atomic mass is 9.96. The van der Waals surface area contributed by atoms with Crippen LogP contribution in [0.1, 0.15) is 18.1 Å². The van der Waals surface area contributed by atoms with Gasteiger partial charge in [0.15, 0.2) is 0 Å². The Morgan fingerprint density at radius 2 is 2.04 bits per heavy atom. The first-order valence-corrected chi connectivity index (χ1v) is 9.54. The molecule has 0 radical (unpaired) electrons. The lowest BCUT2D eigenvalue weighted by Gasteiger charge is -2.28. The molecule has 2 aromatic rings. The van der Waals surface area contributed by atoms with E-state index in [-0.39, 0.29) is 23.3 Å². The minimum Gasteiger partial charge on any atom is -0.315 e. The predicted octanol–water partition coefficient (Wildman–Crippen LogP) is -0.636. The highest BCUT2D eigenvalue weighted by molar-refractivity contribution is 7.86. The monoisotopic (exact) mass is 384 g/mol. The van der Waals surface area contributed by atoms with Gasteiger partial charge in [-0.2, -0.15) is 8.42 Å². The number of rotatable bonds is 4. The molecule has 26 heavy (non-hydrogen) atoms. The van der Waals surface area contributed by atoms with E-state index in [4.69, 9.17) is 4.28 Å². The Hall–Kier alpha value is -2.73. The fourth-order valence-electron chi connectivity index (χ4n) is 3.11. The molecule has 0 saturated heterocycles. The van der Waals surface area contributed by atoms with Gasteiger partial charge in [-0.15, -0.1) is 4.73 Å².